The lowest BCUT2D eigenvalue weighted by atomic mass is 9.80. The van der Waals surface area contributed by atoms with Crippen molar-refractivity contribution < 1.29 is 9.90 Å². The highest BCUT2D eigenvalue weighted by Crippen LogP contribution is 2.25. The monoisotopic (exact) mass is 306 g/mol. The van der Waals surface area contributed by atoms with Gasteiger partial charge in [0.15, 0.2) is 0 Å². The van der Waals surface area contributed by atoms with Crippen molar-refractivity contribution >= 4 is 11.6 Å². The molecule has 1 amide bonds. The van der Waals surface area contributed by atoms with Crippen molar-refractivity contribution in [2.75, 3.05) is 11.9 Å². The highest BCUT2D eigenvalue weighted by molar-refractivity contribution is 5.90. The molecular weight excluding hydrogens is 276 g/mol. The number of carbonyl (C=O) groups excluding carboxylic acids is 1. The van der Waals surface area contributed by atoms with Crippen molar-refractivity contribution in [3.63, 3.8) is 0 Å². The molecule has 0 heterocycles. The normalized spacial score (nSPS) is 14.7. The van der Waals surface area contributed by atoms with Gasteiger partial charge in [0.05, 0.1) is 6.10 Å². The molecule has 0 saturated heterocycles. The van der Waals surface area contributed by atoms with Gasteiger partial charge in [-0.3, -0.25) is 4.79 Å². The smallest absolute Gasteiger partial charge is 0.225 e. The molecule has 4 nitrogen and oxygen atoms in total. The second kappa shape index (κ2) is 8.30. The third-order valence-electron chi connectivity index (χ3n) is 3.89. The third-order valence-corrected chi connectivity index (χ3v) is 3.89. The van der Waals surface area contributed by atoms with Crippen LogP contribution in [0.25, 0.3) is 0 Å². The number of carbonyl (C=O) groups is 1. The van der Waals surface area contributed by atoms with Crippen molar-refractivity contribution in [3.8, 4) is 0 Å². The van der Waals surface area contributed by atoms with E-state index >= 15 is 0 Å². The molecule has 2 atom stereocenters. The first-order valence-corrected chi connectivity index (χ1v) is 7.98. The van der Waals surface area contributed by atoms with Crippen LogP contribution in [0.1, 0.15) is 41.0 Å². The SMILES string of the molecule is CC(CC(=O)Nc1ccccc1)NCC(C)(C)C(O)C(C)C. The van der Waals surface area contributed by atoms with Crippen LogP contribution in [0.4, 0.5) is 5.69 Å². The van der Waals surface area contributed by atoms with Gasteiger partial charge in [0.1, 0.15) is 0 Å². The summed E-state index contributed by atoms with van der Waals surface area (Å²) in [5.41, 5.74) is 0.591. The van der Waals surface area contributed by atoms with Gasteiger partial charge in [0.2, 0.25) is 5.91 Å². The van der Waals surface area contributed by atoms with E-state index in [1.807, 2.05) is 65.0 Å². The number of aliphatic hydroxyl groups excluding tert-OH is 1. The molecule has 0 bridgehead atoms. The van der Waals surface area contributed by atoms with Crippen molar-refractivity contribution in [3.05, 3.63) is 30.3 Å². The molecule has 124 valence electrons. The summed E-state index contributed by atoms with van der Waals surface area (Å²) in [6, 6.07) is 9.51. The summed E-state index contributed by atoms with van der Waals surface area (Å²) in [7, 11) is 0. The van der Waals surface area contributed by atoms with Crippen LogP contribution >= 0.6 is 0 Å². The molecule has 4 heteroatoms. The van der Waals surface area contributed by atoms with E-state index in [4.69, 9.17) is 0 Å². The Hall–Kier alpha value is -1.39. The number of rotatable bonds is 8. The van der Waals surface area contributed by atoms with E-state index in [0.717, 1.165) is 5.69 Å². The van der Waals surface area contributed by atoms with Crippen molar-refractivity contribution in [2.45, 2.75) is 53.2 Å². The van der Waals surface area contributed by atoms with E-state index < -0.39 is 0 Å². The predicted molar refractivity (Wildman–Crippen MR) is 91.8 cm³/mol. The zero-order valence-corrected chi connectivity index (χ0v) is 14.4. The van der Waals surface area contributed by atoms with Gasteiger partial charge in [0.25, 0.3) is 0 Å². The van der Waals surface area contributed by atoms with Crippen molar-refractivity contribution in [1.29, 1.82) is 0 Å². The highest BCUT2D eigenvalue weighted by atomic mass is 16.3. The Labute approximate surface area is 134 Å². The van der Waals surface area contributed by atoms with E-state index in [0.29, 0.717) is 13.0 Å². The maximum absolute atomic E-state index is 12.0. The minimum Gasteiger partial charge on any atom is -0.392 e. The second-order valence-electron chi connectivity index (χ2n) is 7.08. The maximum Gasteiger partial charge on any atom is 0.225 e. The fourth-order valence-corrected chi connectivity index (χ4v) is 2.53. The average Bonchev–Trinajstić information content (AvgIpc) is 2.45. The molecule has 3 N–H and O–H groups in total. The van der Waals surface area contributed by atoms with E-state index in [9.17, 15) is 9.90 Å². The minimum atomic E-state index is -0.370. The molecule has 0 aliphatic heterocycles. The molecule has 0 aliphatic carbocycles. The van der Waals surface area contributed by atoms with Crippen LogP contribution in [0.5, 0.6) is 0 Å². The number of nitrogens with one attached hydrogen (secondary N) is 2. The lowest BCUT2D eigenvalue weighted by Gasteiger charge is -2.34. The van der Waals surface area contributed by atoms with Gasteiger partial charge in [0, 0.05) is 30.1 Å². The molecule has 0 radical (unpaired) electrons. The molecule has 0 saturated carbocycles. The number of amides is 1. The van der Waals surface area contributed by atoms with Gasteiger partial charge in [-0.05, 0) is 25.0 Å². The number of anilines is 1. The molecular formula is C18H30N2O2. The summed E-state index contributed by atoms with van der Waals surface area (Å²) < 4.78 is 0. The number of hydrogen-bond acceptors (Lipinski definition) is 3. The predicted octanol–water partition coefficient (Wildman–Crippen LogP) is 3.04. The van der Waals surface area contributed by atoms with Crippen molar-refractivity contribution in [2.24, 2.45) is 11.3 Å². The fourth-order valence-electron chi connectivity index (χ4n) is 2.53. The Balaban J connectivity index is 2.39. The summed E-state index contributed by atoms with van der Waals surface area (Å²) in [6.45, 7) is 10.8. The lowest BCUT2D eigenvalue weighted by molar-refractivity contribution is -0.116. The van der Waals surface area contributed by atoms with Crippen LogP contribution < -0.4 is 10.6 Å². The van der Waals surface area contributed by atoms with Crippen LogP contribution in [-0.4, -0.2) is 29.7 Å². The van der Waals surface area contributed by atoms with Crippen LogP contribution in [-0.2, 0) is 4.79 Å². The average molecular weight is 306 g/mol. The van der Waals surface area contributed by atoms with E-state index in [1.165, 1.54) is 0 Å². The Morgan fingerprint density at radius 2 is 1.77 bits per heavy atom. The van der Waals surface area contributed by atoms with Crippen LogP contribution in [0.15, 0.2) is 30.3 Å². The maximum atomic E-state index is 12.0. The van der Waals surface area contributed by atoms with Crippen molar-refractivity contribution in [1.82, 2.24) is 5.32 Å². The largest absolute Gasteiger partial charge is 0.392 e. The lowest BCUT2D eigenvalue weighted by Crippen LogP contribution is -2.44. The molecule has 22 heavy (non-hydrogen) atoms. The first-order chi connectivity index (χ1) is 10.2. The summed E-state index contributed by atoms with van der Waals surface area (Å²) in [5, 5.41) is 16.5. The summed E-state index contributed by atoms with van der Waals surface area (Å²) in [6.07, 6.45) is 0.0355. The van der Waals surface area contributed by atoms with Gasteiger partial charge >= 0.3 is 0 Å². The Morgan fingerprint density at radius 1 is 1.18 bits per heavy atom. The number of benzene rings is 1. The highest BCUT2D eigenvalue weighted by Gasteiger charge is 2.30. The third kappa shape index (κ3) is 6.16. The Morgan fingerprint density at radius 3 is 2.32 bits per heavy atom. The summed E-state index contributed by atoms with van der Waals surface area (Å²) in [5.74, 6) is 0.210. The zero-order valence-electron chi connectivity index (χ0n) is 14.4. The van der Waals surface area contributed by atoms with Gasteiger partial charge < -0.3 is 15.7 Å². The number of para-hydroxylation sites is 1. The summed E-state index contributed by atoms with van der Waals surface area (Å²) in [4.78, 5) is 12.0. The molecule has 0 fully saturated rings. The molecule has 1 aromatic carbocycles. The van der Waals surface area contributed by atoms with E-state index in [1.54, 1.807) is 0 Å². The quantitative estimate of drug-likeness (QED) is 0.692. The second-order valence-corrected chi connectivity index (χ2v) is 7.08. The Kier molecular flexibility index (Phi) is 7.04. The molecule has 2 unspecified atom stereocenters. The molecule has 0 spiro atoms. The summed E-state index contributed by atoms with van der Waals surface area (Å²) >= 11 is 0. The number of hydrogen-bond donors (Lipinski definition) is 3. The topological polar surface area (TPSA) is 61.4 Å². The zero-order chi connectivity index (χ0) is 16.8. The van der Waals surface area contributed by atoms with Gasteiger partial charge in [-0.15, -0.1) is 0 Å². The fraction of sp³-hybridized carbons (Fsp3) is 0.611. The first-order valence-electron chi connectivity index (χ1n) is 7.98. The van der Waals surface area contributed by atoms with Crippen LogP contribution in [0.2, 0.25) is 0 Å². The standard InChI is InChI=1S/C18H30N2O2/c1-13(2)17(22)18(4,5)12-19-14(3)11-16(21)20-15-9-7-6-8-10-15/h6-10,13-14,17,19,22H,11-12H2,1-5H3,(H,20,21). The molecule has 0 aliphatic rings. The van der Waals surface area contributed by atoms with Gasteiger partial charge in [-0.1, -0.05) is 45.9 Å². The minimum absolute atomic E-state index is 0.00610. The van der Waals surface area contributed by atoms with Crippen LogP contribution in [0, 0.1) is 11.3 Å². The van der Waals surface area contributed by atoms with Gasteiger partial charge in [-0.2, -0.15) is 0 Å². The van der Waals surface area contributed by atoms with Gasteiger partial charge in [-0.25, -0.2) is 0 Å². The molecule has 0 aromatic heterocycles. The van der Waals surface area contributed by atoms with E-state index in [2.05, 4.69) is 10.6 Å². The van der Waals surface area contributed by atoms with Crippen LogP contribution in [0.3, 0.4) is 0 Å². The molecule has 1 aromatic rings. The first kappa shape index (κ1) is 18.7. The molecule has 1 rings (SSSR count). The number of aliphatic hydroxyl groups is 1. The van der Waals surface area contributed by atoms with E-state index in [-0.39, 0.29) is 29.4 Å². The Bertz CT molecular complexity index is 457.